The quantitative estimate of drug-likeness (QED) is 0.646. The predicted molar refractivity (Wildman–Crippen MR) is 52.5 cm³/mol. The SMILES string of the molecule is CCN(C)C(=O)N1CCC[C@@H](N)C1. The van der Waals surface area contributed by atoms with E-state index in [1.807, 2.05) is 18.9 Å². The van der Waals surface area contributed by atoms with E-state index in [2.05, 4.69) is 0 Å². The number of carbonyl (C=O) groups is 1. The van der Waals surface area contributed by atoms with Crippen LogP contribution in [0.1, 0.15) is 19.8 Å². The van der Waals surface area contributed by atoms with E-state index in [9.17, 15) is 4.79 Å². The van der Waals surface area contributed by atoms with Gasteiger partial charge in [0.1, 0.15) is 0 Å². The number of likely N-dealkylation sites (tertiary alicyclic amines) is 1. The summed E-state index contributed by atoms with van der Waals surface area (Å²) in [4.78, 5) is 15.2. The zero-order valence-corrected chi connectivity index (χ0v) is 8.49. The molecule has 76 valence electrons. The number of nitrogens with zero attached hydrogens (tertiary/aromatic N) is 2. The van der Waals surface area contributed by atoms with Gasteiger partial charge in [0.2, 0.25) is 0 Å². The minimum atomic E-state index is 0.109. The van der Waals surface area contributed by atoms with Gasteiger partial charge in [-0.3, -0.25) is 0 Å². The van der Waals surface area contributed by atoms with Crippen molar-refractivity contribution in [3.8, 4) is 0 Å². The van der Waals surface area contributed by atoms with E-state index >= 15 is 0 Å². The average molecular weight is 185 g/mol. The van der Waals surface area contributed by atoms with Crippen LogP contribution in [0.5, 0.6) is 0 Å². The van der Waals surface area contributed by atoms with Gasteiger partial charge in [-0.15, -0.1) is 0 Å². The predicted octanol–water partition coefficient (Wildman–Crippen LogP) is 0.481. The lowest BCUT2D eigenvalue weighted by Gasteiger charge is -2.33. The van der Waals surface area contributed by atoms with Crippen molar-refractivity contribution in [3.63, 3.8) is 0 Å². The summed E-state index contributed by atoms with van der Waals surface area (Å²) in [6.07, 6.45) is 2.07. The van der Waals surface area contributed by atoms with Gasteiger partial charge >= 0.3 is 6.03 Å². The molecule has 13 heavy (non-hydrogen) atoms. The molecule has 0 aromatic heterocycles. The zero-order chi connectivity index (χ0) is 9.84. The molecule has 4 nitrogen and oxygen atoms in total. The fourth-order valence-corrected chi connectivity index (χ4v) is 1.56. The molecule has 0 spiro atoms. The Labute approximate surface area is 79.7 Å². The Morgan fingerprint density at radius 1 is 1.69 bits per heavy atom. The van der Waals surface area contributed by atoms with Crippen molar-refractivity contribution in [2.45, 2.75) is 25.8 Å². The van der Waals surface area contributed by atoms with Gasteiger partial charge in [0.05, 0.1) is 0 Å². The first-order valence-corrected chi connectivity index (χ1v) is 4.90. The lowest BCUT2D eigenvalue weighted by molar-refractivity contribution is 0.149. The molecular formula is C9H19N3O. The van der Waals surface area contributed by atoms with Crippen LogP contribution < -0.4 is 5.73 Å². The molecule has 1 rings (SSSR count). The molecule has 1 atom stereocenters. The van der Waals surface area contributed by atoms with Gasteiger partial charge in [-0.2, -0.15) is 0 Å². The van der Waals surface area contributed by atoms with Crippen molar-refractivity contribution < 1.29 is 4.79 Å². The minimum absolute atomic E-state index is 0.109. The van der Waals surface area contributed by atoms with Crippen LogP contribution in [0, 0.1) is 0 Å². The molecule has 2 N–H and O–H groups in total. The molecule has 4 heteroatoms. The fourth-order valence-electron chi connectivity index (χ4n) is 1.56. The lowest BCUT2D eigenvalue weighted by atomic mass is 10.1. The first-order chi connectivity index (χ1) is 6.15. The molecular weight excluding hydrogens is 166 g/mol. The Morgan fingerprint density at radius 3 is 2.92 bits per heavy atom. The van der Waals surface area contributed by atoms with Gasteiger partial charge in [0.15, 0.2) is 0 Å². The molecule has 0 bridgehead atoms. The number of urea groups is 1. The third-order valence-corrected chi connectivity index (χ3v) is 2.53. The number of carbonyl (C=O) groups excluding carboxylic acids is 1. The highest BCUT2D eigenvalue weighted by Crippen LogP contribution is 2.09. The number of piperidine rings is 1. The van der Waals surface area contributed by atoms with E-state index < -0.39 is 0 Å². The Hall–Kier alpha value is -0.770. The van der Waals surface area contributed by atoms with E-state index in [-0.39, 0.29) is 12.1 Å². The Kier molecular flexibility index (Phi) is 3.54. The highest BCUT2D eigenvalue weighted by atomic mass is 16.2. The van der Waals surface area contributed by atoms with Crippen LogP contribution in [-0.4, -0.2) is 48.6 Å². The normalized spacial score (nSPS) is 23.0. The Morgan fingerprint density at radius 2 is 2.38 bits per heavy atom. The summed E-state index contributed by atoms with van der Waals surface area (Å²) in [5, 5.41) is 0. The van der Waals surface area contributed by atoms with E-state index in [4.69, 9.17) is 5.73 Å². The van der Waals surface area contributed by atoms with Crippen molar-refractivity contribution in [2.24, 2.45) is 5.73 Å². The second kappa shape index (κ2) is 4.46. The topological polar surface area (TPSA) is 49.6 Å². The standard InChI is InChI=1S/C9H19N3O/c1-3-11(2)9(13)12-6-4-5-8(10)7-12/h8H,3-7,10H2,1-2H3/t8-/m1/s1. The largest absolute Gasteiger partial charge is 0.328 e. The Balaban J connectivity index is 2.46. The summed E-state index contributed by atoms with van der Waals surface area (Å²) in [5.41, 5.74) is 5.79. The summed E-state index contributed by atoms with van der Waals surface area (Å²) in [6, 6.07) is 0.278. The van der Waals surface area contributed by atoms with Gasteiger partial charge in [-0.05, 0) is 19.8 Å². The number of nitrogens with two attached hydrogens (primary N) is 1. The first-order valence-electron chi connectivity index (χ1n) is 4.90. The summed E-state index contributed by atoms with van der Waals surface area (Å²) in [7, 11) is 1.82. The fraction of sp³-hybridized carbons (Fsp3) is 0.889. The maximum Gasteiger partial charge on any atom is 0.319 e. The van der Waals surface area contributed by atoms with E-state index in [1.165, 1.54) is 0 Å². The number of hydrogen-bond donors (Lipinski definition) is 1. The van der Waals surface area contributed by atoms with Crippen LogP contribution in [0.2, 0.25) is 0 Å². The molecule has 0 radical (unpaired) electrons. The Bertz CT molecular complexity index is 184. The van der Waals surface area contributed by atoms with Crippen molar-refractivity contribution in [3.05, 3.63) is 0 Å². The second-order valence-electron chi connectivity index (χ2n) is 3.65. The van der Waals surface area contributed by atoms with Crippen molar-refractivity contribution >= 4 is 6.03 Å². The summed E-state index contributed by atoms with van der Waals surface area (Å²) >= 11 is 0. The van der Waals surface area contributed by atoms with Gasteiger partial charge in [0, 0.05) is 32.7 Å². The van der Waals surface area contributed by atoms with Crippen molar-refractivity contribution in [1.29, 1.82) is 0 Å². The maximum atomic E-state index is 11.7. The number of hydrogen-bond acceptors (Lipinski definition) is 2. The number of amides is 2. The van der Waals surface area contributed by atoms with Gasteiger partial charge < -0.3 is 15.5 Å². The third kappa shape index (κ3) is 2.59. The van der Waals surface area contributed by atoms with Gasteiger partial charge in [0.25, 0.3) is 0 Å². The van der Waals surface area contributed by atoms with Crippen molar-refractivity contribution in [2.75, 3.05) is 26.7 Å². The van der Waals surface area contributed by atoms with Gasteiger partial charge in [-0.25, -0.2) is 4.79 Å². The average Bonchev–Trinajstić information content (AvgIpc) is 2.15. The summed E-state index contributed by atoms with van der Waals surface area (Å²) in [5.74, 6) is 0. The molecule has 0 aromatic carbocycles. The lowest BCUT2D eigenvalue weighted by Crippen LogP contribution is -2.49. The molecule has 2 amide bonds. The number of rotatable bonds is 1. The van der Waals surface area contributed by atoms with Crippen LogP contribution in [0.3, 0.4) is 0 Å². The van der Waals surface area contributed by atoms with Crippen LogP contribution >= 0.6 is 0 Å². The second-order valence-corrected chi connectivity index (χ2v) is 3.65. The zero-order valence-electron chi connectivity index (χ0n) is 8.49. The van der Waals surface area contributed by atoms with E-state index in [1.54, 1.807) is 4.90 Å². The molecule has 0 saturated carbocycles. The van der Waals surface area contributed by atoms with Crippen LogP contribution in [0.25, 0.3) is 0 Å². The van der Waals surface area contributed by atoms with E-state index in [0.29, 0.717) is 6.54 Å². The molecule has 1 aliphatic rings. The summed E-state index contributed by atoms with van der Waals surface area (Å²) < 4.78 is 0. The van der Waals surface area contributed by atoms with Crippen LogP contribution in [0.15, 0.2) is 0 Å². The monoisotopic (exact) mass is 185 g/mol. The summed E-state index contributed by atoms with van der Waals surface area (Å²) in [6.45, 7) is 4.30. The molecule has 1 aliphatic heterocycles. The minimum Gasteiger partial charge on any atom is -0.328 e. The maximum absolute atomic E-state index is 11.7. The molecule has 1 fully saturated rings. The van der Waals surface area contributed by atoms with Gasteiger partial charge in [-0.1, -0.05) is 0 Å². The molecule has 0 aromatic rings. The smallest absolute Gasteiger partial charge is 0.319 e. The first kappa shape index (κ1) is 10.3. The van der Waals surface area contributed by atoms with Crippen LogP contribution in [0.4, 0.5) is 4.79 Å². The van der Waals surface area contributed by atoms with E-state index in [0.717, 1.165) is 25.9 Å². The molecule has 1 saturated heterocycles. The molecule has 1 heterocycles. The van der Waals surface area contributed by atoms with Crippen molar-refractivity contribution in [1.82, 2.24) is 9.80 Å². The highest BCUT2D eigenvalue weighted by Gasteiger charge is 2.22. The molecule has 0 aliphatic carbocycles. The van der Waals surface area contributed by atoms with Crippen LogP contribution in [-0.2, 0) is 0 Å². The third-order valence-electron chi connectivity index (χ3n) is 2.53. The molecule has 0 unspecified atom stereocenters. The highest BCUT2D eigenvalue weighted by molar-refractivity contribution is 5.74.